The fourth-order valence-corrected chi connectivity index (χ4v) is 3.07. The van der Waals surface area contributed by atoms with Gasteiger partial charge in [-0.15, -0.1) is 0 Å². The number of fused-ring (bicyclic) bond motifs is 1. The lowest BCUT2D eigenvalue weighted by Crippen LogP contribution is -2.02. The second kappa shape index (κ2) is 4.45. The summed E-state index contributed by atoms with van der Waals surface area (Å²) in [6.45, 7) is 0.759. The predicted molar refractivity (Wildman–Crippen MR) is 80.8 cm³/mol. The standard InChI is InChI=1S/C15H14BrN3O/c16-12-13(8-1-2-8)18-15(19-14(12)17)10-3-4-11-9(7-10)5-6-20-11/h3-4,7-8H,1-2,5-6H2,(H2,17,18,19). The van der Waals surface area contributed by atoms with Crippen LogP contribution >= 0.6 is 15.9 Å². The molecule has 1 aromatic carbocycles. The summed E-state index contributed by atoms with van der Waals surface area (Å²) in [7, 11) is 0. The molecular weight excluding hydrogens is 318 g/mol. The molecule has 2 aliphatic rings. The highest BCUT2D eigenvalue weighted by Gasteiger charge is 2.29. The maximum Gasteiger partial charge on any atom is 0.161 e. The van der Waals surface area contributed by atoms with Crippen LogP contribution in [-0.4, -0.2) is 16.6 Å². The fourth-order valence-electron chi connectivity index (χ4n) is 2.56. The normalized spacial score (nSPS) is 16.9. The van der Waals surface area contributed by atoms with E-state index >= 15 is 0 Å². The zero-order valence-corrected chi connectivity index (χ0v) is 12.5. The highest BCUT2D eigenvalue weighted by atomic mass is 79.9. The van der Waals surface area contributed by atoms with E-state index in [-0.39, 0.29) is 0 Å². The van der Waals surface area contributed by atoms with E-state index in [0.29, 0.717) is 17.6 Å². The van der Waals surface area contributed by atoms with Gasteiger partial charge in [-0.1, -0.05) is 0 Å². The van der Waals surface area contributed by atoms with Crippen LogP contribution in [0.1, 0.15) is 30.0 Å². The van der Waals surface area contributed by atoms with Crippen molar-refractivity contribution in [3.8, 4) is 17.1 Å². The van der Waals surface area contributed by atoms with Crippen molar-refractivity contribution in [3.63, 3.8) is 0 Å². The second-order valence-electron chi connectivity index (χ2n) is 5.33. The molecule has 4 rings (SSSR count). The SMILES string of the molecule is Nc1nc(-c2ccc3c(c2)CCO3)nc(C2CC2)c1Br. The Morgan fingerprint density at radius 3 is 2.90 bits per heavy atom. The molecule has 1 aliphatic heterocycles. The van der Waals surface area contributed by atoms with Crippen LogP contribution in [0.25, 0.3) is 11.4 Å². The number of hydrogen-bond donors (Lipinski definition) is 1. The van der Waals surface area contributed by atoms with Gasteiger partial charge < -0.3 is 10.5 Å². The third-order valence-electron chi connectivity index (χ3n) is 3.81. The van der Waals surface area contributed by atoms with E-state index in [0.717, 1.165) is 34.5 Å². The second-order valence-corrected chi connectivity index (χ2v) is 6.12. The molecular formula is C15H14BrN3O. The average Bonchev–Trinajstić information content (AvgIpc) is 3.18. The molecule has 0 radical (unpaired) electrons. The van der Waals surface area contributed by atoms with Gasteiger partial charge in [0.15, 0.2) is 5.82 Å². The monoisotopic (exact) mass is 331 g/mol. The number of anilines is 1. The van der Waals surface area contributed by atoms with Crippen molar-refractivity contribution in [2.45, 2.75) is 25.2 Å². The number of aromatic nitrogens is 2. The van der Waals surface area contributed by atoms with Gasteiger partial charge in [-0.05, 0) is 52.5 Å². The molecule has 102 valence electrons. The Balaban J connectivity index is 1.82. The van der Waals surface area contributed by atoms with Gasteiger partial charge in [0.1, 0.15) is 11.6 Å². The van der Waals surface area contributed by atoms with Crippen molar-refractivity contribution in [1.29, 1.82) is 0 Å². The van der Waals surface area contributed by atoms with E-state index in [1.807, 2.05) is 12.1 Å². The van der Waals surface area contributed by atoms with Crippen LogP contribution in [0.3, 0.4) is 0 Å². The molecule has 0 amide bonds. The van der Waals surface area contributed by atoms with Gasteiger partial charge in [0.25, 0.3) is 0 Å². The fraction of sp³-hybridized carbons (Fsp3) is 0.333. The Bertz CT molecular complexity index is 698. The summed E-state index contributed by atoms with van der Waals surface area (Å²) in [6.07, 6.45) is 3.32. The average molecular weight is 332 g/mol. The number of halogens is 1. The van der Waals surface area contributed by atoms with Gasteiger partial charge >= 0.3 is 0 Å². The third-order valence-corrected chi connectivity index (χ3v) is 4.63. The zero-order chi connectivity index (χ0) is 13.7. The summed E-state index contributed by atoms with van der Waals surface area (Å²) in [4.78, 5) is 9.13. The highest BCUT2D eigenvalue weighted by molar-refractivity contribution is 9.10. The van der Waals surface area contributed by atoms with Crippen LogP contribution < -0.4 is 10.5 Å². The molecule has 0 saturated heterocycles. The molecule has 5 heteroatoms. The van der Waals surface area contributed by atoms with Gasteiger partial charge in [0.2, 0.25) is 0 Å². The van der Waals surface area contributed by atoms with E-state index in [1.54, 1.807) is 0 Å². The molecule has 1 fully saturated rings. The molecule has 20 heavy (non-hydrogen) atoms. The van der Waals surface area contributed by atoms with Crippen molar-refractivity contribution in [1.82, 2.24) is 9.97 Å². The van der Waals surface area contributed by atoms with E-state index < -0.39 is 0 Å². The topological polar surface area (TPSA) is 61.0 Å². The van der Waals surface area contributed by atoms with Crippen LogP contribution in [0.4, 0.5) is 5.82 Å². The first-order valence-electron chi connectivity index (χ1n) is 6.81. The summed E-state index contributed by atoms with van der Waals surface area (Å²) in [5, 5.41) is 0. The van der Waals surface area contributed by atoms with E-state index in [2.05, 4.69) is 27.0 Å². The molecule has 2 N–H and O–H groups in total. The molecule has 0 bridgehead atoms. The molecule has 0 spiro atoms. The number of hydrogen-bond acceptors (Lipinski definition) is 4. The summed E-state index contributed by atoms with van der Waals surface area (Å²) in [6, 6.07) is 6.11. The molecule has 4 nitrogen and oxygen atoms in total. The van der Waals surface area contributed by atoms with Crippen LogP contribution in [0.15, 0.2) is 22.7 Å². The maximum absolute atomic E-state index is 6.01. The Labute approximate surface area is 125 Å². The number of ether oxygens (including phenoxy) is 1. The van der Waals surface area contributed by atoms with Crippen molar-refractivity contribution in [3.05, 3.63) is 33.9 Å². The van der Waals surface area contributed by atoms with E-state index in [9.17, 15) is 0 Å². The lowest BCUT2D eigenvalue weighted by atomic mass is 10.1. The minimum atomic E-state index is 0.522. The minimum absolute atomic E-state index is 0.522. The molecule has 2 heterocycles. The van der Waals surface area contributed by atoms with Gasteiger partial charge in [0, 0.05) is 17.9 Å². The number of nitrogens with two attached hydrogens (primary N) is 1. The molecule has 1 aliphatic carbocycles. The van der Waals surface area contributed by atoms with Gasteiger partial charge in [-0.3, -0.25) is 0 Å². The minimum Gasteiger partial charge on any atom is -0.493 e. The number of rotatable bonds is 2. The zero-order valence-electron chi connectivity index (χ0n) is 10.9. The quantitative estimate of drug-likeness (QED) is 0.917. The van der Waals surface area contributed by atoms with Crippen molar-refractivity contribution in [2.75, 3.05) is 12.3 Å². The smallest absolute Gasteiger partial charge is 0.161 e. The first kappa shape index (κ1) is 12.1. The van der Waals surface area contributed by atoms with Crippen LogP contribution in [0, 0.1) is 0 Å². The van der Waals surface area contributed by atoms with Crippen molar-refractivity contribution >= 4 is 21.7 Å². The number of benzene rings is 1. The van der Waals surface area contributed by atoms with Crippen LogP contribution in [0.2, 0.25) is 0 Å². The largest absolute Gasteiger partial charge is 0.493 e. The molecule has 1 saturated carbocycles. The van der Waals surface area contributed by atoms with Gasteiger partial charge in [0.05, 0.1) is 16.8 Å². The molecule has 2 aromatic rings. The molecule has 0 atom stereocenters. The lowest BCUT2D eigenvalue weighted by molar-refractivity contribution is 0.357. The van der Waals surface area contributed by atoms with Crippen LogP contribution in [-0.2, 0) is 6.42 Å². The first-order chi connectivity index (χ1) is 9.72. The van der Waals surface area contributed by atoms with Gasteiger partial charge in [-0.25, -0.2) is 9.97 Å². The number of nitrogen functional groups attached to an aromatic ring is 1. The Morgan fingerprint density at radius 2 is 2.10 bits per heavy atom. The van der Waals surface area contributed by atoms with Gasteiger partial charge in [-0.2, -0.15) is 0 Å². The molecule has 1 aromatic heterocycles. The Morgan fingerprint density at radius 1 is 1.25 bits per heavy atom. The predicted octanol–water partition coefficient (Wildman–Crippen LogP) is 3.30. The highest BCUT2D eigenvalue weighted by Crippen LogP contribution is 2.44. The van der Waals surface area contributed by atoms with Crippen LogP contribution in [0.5, 0.6) is 5.75 Å². The van der Waals surface area contributed by atoms with Crippen molar-refractivity contribution in [2.24, 2.45) is 0 Å². The Kier molecular flexibility index (Phi) is 2.70. The van der Waals surface area contributed by atoms with Crippen molar-refractivity contribution < 1.29 is 4.74 Å². The molecule has 0 unspecified atom stereocenters. The summed E-state index contributed by atoms with van der Waals surface area (Å²) in [5.41, 5.74) is 9.29. The third kappa shape index (κ3) is 1.97. The first-order valence-corrected chi connectivity index (χ1v) is 7.60. The van der Waals surface area contributed by atoms with E-state index in [4.69, 9.17) is 15.5 Å². The number of nitrogens with zero attached hydrogens (tertiary/aromatic N) is 2. The Hall–Kier alpha value is -1.62. The maximum atomic E-state index is 6.01. The summed E-state index contributed by atoms with van der Waals surface area (Å²) >= 11 is 3.51. The summed E-state index contributed by atoms with van der Waals surface area (Å²) in [5.74, 6) is 2.74. The van der Waals surface area contributed by atoms with E-state index in [1.165, 1.54) is 18.4 Å². The summed E-state index contributed by atoms with van der Waals surface area (Å²) < 4.78 is 6.39. The lowest BCUT2D eigenvalue weighted by Gasteiger charge is -2.09.